The Hall–Kier alpha value is -0.980. The molecule has 6 heteroatoms. The molecule has 2 aromatic rings. The molecule has 4 nitrogen and oxygen atoms in total. The minimum Gasteiger partial charge on any atom is -0.339 e. The van der Waals surface area contributed by atoms with E-state index in [1.807, 2.05) is 30.0 Å². The van der Waals surface area contributed by atoms with Gasteiger partial charge in [0.05, 0.1) is 11.7 Å². The van der Waals surface area contributed by atoms with E-state index in [1.54, 1.807) is 11.8 Å². The molecule has 0 amide bonds. The Labute approximate surface area is 120 Å². The average molecular weight is 293 g/mol. The van der Waals surface area contributed by atoms with Crippen LogP contribution in [0, 0.1) is 0 Å². The van der Waals surface area contributed by atoms with Crippen molar-refractivity contribution in [2.24, 2.45) is 5.73 Å². The maximum atomic E-state index is 6.03. The standard InChI is InChI=1S/C13H15N3OS2/c14-11-7-18-6-10(11)13-15-12(16-17-13)8-19-9-4-2-1-3-5-9/h1-5,10-11H,6-8,14H2. The Morgan fingerprint density at radius 1 is 1.32 bits per heavy atom. The minimum atomic E-state index is 0.139. The Bertz CT molecular complexity index is 532. The van der Waals surface area contributed by atoms with Gasteiger partial charge in [0.25, 0.3) is 0 Å². The summed E-state index contributed by atoms with van der Waals surface area (Å²) in [6, 6.07) is 10.4. The largest absolute Gasteiger partial charge is 0.339 e. The zero-order valence-electron chi connectivity index (χ0n) is 10.4. The zero-order valence-corrected chi connectivity index (χ0v) is 12.0. The summed E-state index contributed by atoms with van der Waals surface area (Å²) in [5, 5.41) is 4.04. The van der Waals surface area contributed by atoms with E-state index in [-0.39, 0.29) is 12.0 Å². The molecule has 0 spiro atoms. The number of thioether (sulfide) groups is 2. The fourth-order valence-corrected chi connectivity index (χ4v) is 4.01. The van der Waals surface area contributed by atoms with Crippen molar-refractivity contribution >= 4 is 23.5 Å². The summed E-state index contributed by atoms with van der Waals surface area (Å²) >= 11 is 3.56. The molecule has 0 radical (unpaired) electrons. The summed E-state index contributed by atoms with van der Waals surface area (Å²) in [7, 11) is 0. The highest BCUT2D eigenvalue weighted by Crippen LogP contribution is 2.31. The van der Waals surface area contributed by atoms with Gasteiger partial charge in [-0.05, 0) is 12.1 Å². The first-order valence-corrected chi connectivity index (χ1v) is 8.30. The van der Waals surface area contributed by atoms with Gasteiger partial charge in [-0.25, -0.2) is 0 Å². The van der Waals surface area contributed by atoms with Gasteiger partial charge in [0.15, 0.2) is 5.82 Å². The topological polar surface area (TPSA) is 64.9 Å². The Balaban J connectivity index is 1.62. The second kappa shape index (κ2) is 5.98. The first-order chi connectivity index (χ1) is 9.33. The Kier molecular flexibility index (Phi) is 4.10. The van der Waals surface area contributed by atoms with Crippen molar-refractivity contribution in [1.29, 1.82) is 0 Å². The second-order valence-corrected chi connectivity index (χ2v) is 6.58. The molecule has 0 aliphatic carbocycles. The summed E-state index contributed by atoms with van der Waals surface area (Å²) in [6.07, 6.45) is 0. The van der Waals surface area contributed by atoms with Crippen LogP contribution in [-0.4, -0.2) is 27.7 Å². The molecule has 1 aliphatic rings. The molecule has 2 atom stereocenters. The molecule has 0 bridgehead atoms. The molecule has 1 aliphatic heterocycles. The van der Waals surface area contributed by atoms with E-state index in [0.717, 1.165) is 23.1 Å². The summed E-state index contributed by atoms with van der Waals surface area (Å²) in [6.45, 7) is 0. The number of benzene rings is 1. The first kappa shape index (κ1) is 13.0. The number of hydrogen-bond donors (Lipinski definition) is 1. The van der Waals surface area contributed by atoms with E-state index in [4.69, 9.17) is 10.3 Å². The molecular formula is C13H15N3OS2. The van der Waals surface area contributed by atoms with Crippen LogP contribution in [0.25, 0.3) is 0 Å². The van der Waals surface area contributed by atoms with E-state index in [2.05, 4.69) is 22.3 Å². The van der Waals surface area contributed by atoms with E-state index >= 15 is 0 Å². The molecule has 1 aromatic heterocycles. The number of rotatable bonds is 4. The van der Waals surface area contributed by atoms with Crippen LogP contribution in [0.15, 0.2) is 39.8 Å². The molecule has 19 heavy (non-hydrogen) atoms. The van der Waals surface area contributed by atoms with Gasteiger partial charge >= 0.3 is 0 Å². The van der Waals surface area contributed by atoms with Gasteiger partial charge in [-0.15, -0.1) is 11.8 Å². The highest BCUT2D eigenvalue weighted by atomic mass is 32.2. The monoisotopic (exact) mass is 293 g/mol. The number of aromatic nitrogens is 2. The highest BCUT2D eigenvalue weighted by molar-refractivity contribution is 7.99. The van der Waals surface area contributed by atoms with Gasteiger partial charge in [0.2, 0.25) is 5.89 Å². The zero-order chi connectivity index (χ0) is 13.1. The lowest BCUT2D eigenvalue weighted by Crippen LogP contribution is -2.26. The summed E-state index contributed by atoms with van der Waals surface area (Å²) in [5.41, 5.74) is 6.03. The SMILES string of the molecule is NC1CSCC1c1nc(CSc2ccccc2)no1. The van der Waals surface area contributed by atoms with Crippen molar-refractivity contribution in [3.63, 3.8) is 0 Å². The van der Waals surface area contributed by atoms with Crippen LogP contribution >= 0.6 is 23.5 Å². The van der Waals surface area contributed by atoms with Crippen molar-refractivity contribution < 1.29 is 4.52 Å². The molecule has 1 fully saturated rings. The van der Waals surface area contributed by atoms with Crippen molar-refractivity contribution in [3.05, 3.63) is 42.0 Å². The molecule has 100 valence electrons. The third-order valence-corrected chi connectivity index (χ3v) is 5.26. The summed E-state index contributed by atoms with van der Waals surface area (Å²) < 4.78 is 5.34. The lowest BCUT2D eigenvalue weighted by molar-refractivity contribution is 0.349. The molecule has 2 N–H and O–H groups in total. The van der Waals surface area contributed by atoms with Crippen molar-refractivity contribution in [2.45, 2.75) is 22.6 Å². The second-order valence-electron chi connectivity index (χ2n) is 4.46. The predicted molar refractivity (Wildman–Crippen MR) is 78.3 cm³/mol. The van der Waals surface area contributed by atoms with Gasteiger partial charge in [0.1, 0.15) is 0 Å². The third kappa shape index (κ3) is 3.13. The van der Waals surface area contributed by atoms with Crippen molar-refractivity contribution in [1.82, 2.24) is 10.1 Å². The lowest BCUT2D eigenvalue weighted by atomic mass is 10.1. The fourth-order valence-electron chi connectivity index (χ4n) is 1.97. The van der Waals surface area contributed by atoms with Crippen LogP contribution in [0.1, 0.15) is 17.6 Å². The molecule has 2 unspecified atom stereocenters. The van der Waals surface area contributed by atoms with Gasteiger partial charge in [-0.3, -0.25) is 0 Å². The summed E-state index contributed by atoms with van der Waals surface area (Å²) in [4.78, 5) is 5.68. The van der Waals surface area contributed by atoms with Gasteiger partial charge in [-0.2, -0.15) is 16.7 Å². The van der Waals surface area contributed by atoms with Crippen LogP contribution in [-0.2, 0) is 5.75 Å². The van der Waals surface area contributed by atoms with E-state index < -0.39 is 0 Å². The minimum absolute atomic E-state index is 0.139. The highest BCUT2D eigenvalue weighted by Gasteiger charge is 2.30. The Morgan fingerprint density at radius 2 is 2.16 bits per heavy atom. The van der Waals surface area contributed by atoms with Gasteiger partial charge in [-0.1, -0.05) is 23.4 Å². The number of nitrogens with zero attached hydrogens (tertiary/aromatic N) is 2. The molecular weight excluding hydrogens is 278 g/mol. The van der Waals surface area contributed by atoms with Crippen LogP contribution in [0.5, 0.6) is 0 Å². The lowest BCUT2D eigenvalue weighted by Gasteiger charge is -2.07. The van der Waals surface area contributed by atoms with Crippen molar-refractivity contribution in [2.75, 3.05) is 11.5 Å². The fraction of sp³-hybridized carbons (Fsp3) is 0.385. The molecule has 3 rings (SSSR count). The van der Waals surface area contributed by atoms with Crippen molar-refractivity contribution in [3.8, 4) is 0 Å². The van der Waals surface area contributed by atoms with E-state index in [1.165, 1.54) is 4.90 Å². The van der Waals surface area contributed by atoms with Crippen LogP contribution < -0.4 is 5.73 Å². The third-order valence-electron chi connectivity index (χ3n) is 3.04. The van der Waals surface area contributed by atoms with Crippen LogP contribution in [0.4, 0.5) is 0 Å². The number of hydrogen-bond acceptors (Lipinski definition) is 6. The van der Waals surface area contributed by atoms with E-state index in [0.29, 0.717) is 5.89 Å². The molecule has 1 aromatic carbocycles. The molecule has 2 heterocycles. The van der Waals surface area contributed by atoms with Crippen LogP contribution in [0.3, 0.4) is 0 Å². The maximum Gasteiger partial charge on any atom is 0.232 e. The van der Waals surface area contributed by atoms with Gasteiger partial charge in [0, 0.05) is 22.4 Å². The maximum absolute atomic E-state index is 6.03. The van der Waals surface area contributed by atoms with Crippen LogP contribution in [0.2, 0.25) is 0 Å². The average Bonchev–Trinajstić information content (AvgIpc) is 3.06. The smallest absolute Gasteiger partial charge is 0.232 e. The predicted octanol–water partition coefficient (Wildman–Crippen LogP) is 2.52. The van der Waals surface area contributed by atoms with Gasteiger partial charge < -0.3 is 10.3 Å². The summed E-state index contributed by atoms with van der Waals surface area (Å²) in [5.74, 6) is 4.33. The van der Waals surface area contributed by atoms with E-state index in [9.17, 15) is 0 Å². The molecule has 1 saturated heterocycles. The quantitative estimate of drug-likeness (QED) is 0.874. The molecule has 0 saturated carbocycles. The first-order valence-electron chi connectivity index (χ1n) is 6.16. The number of nitrogens with two attached hydrogens (primary N) is 1. The Morgan fingerprint density at radius 3 is 2.89 bits per heavy atom. The normalized spacial score (nSPS) is 22.8.